The Kier molecular flexibility index (Phi) is 6.12. The quantitative estimate of drug-likeness (QED) is 0.665. The van der Waals surface area contributed by atoms with Crippen molar-refractivity contribution in [3.63, 3.8) is 0 Å². The molecule has 0 bridgehead atoms. The lowest BCUT2D eigenvalue weighted by Crippen LogP contribution is -2.48. The molecule has 3 N–H and O–H groups in total. The van der Waals surface area contributed by atoms with Crippen molar-refractivity contribution in [3.05, 3.63) is 0 Å². The molecule has 1 saturated carbocycles. The number of carboxylic acid groups (broad SMARTS) is 1. The van der Waals surface area contributed by atoms with E-state index >= 15 is 0 Å². The molecule has 0 aliphatic heterocycles. The highest BCUT2D eigenvalue weighted by atomic mass is 16.4. The summed E-state index contributed by atoms with van der Waals surface area (Å²) in [4.78, 5) is 22.7. The van der Waals surface area contributed by atoms with Crippen molar-refractivity contribution < 1.29 is 14.7 Å². The Hall–Kier alpha value is -1.26. The maximum Gasteiger partial charge on any atom is 0.326 e. The van der Waals surface area contributed by atoms with Crippen molar-refractivity contribution in [3.8, 4) is 0 Å². The van der Waals surface area contributed by atoms with Crippen LogP contribution in [-0.2, 0) is 4.79 Å². The molecule has 1 rings (SSSR count). The first-order valence-corrected chi connectivity index (χ1v) is 7.30. The fourth-order valence-electron chi connectivity index (χ4n) is 2.80. The van der Waals surface area contributed by atoms with Gasteiger partial charge in [0.25, 0.3) is 0 Å². The number of carbonyl (C=O) groups is 2. The van der Waals surface area contributed by atoms with E-state index in [1.807, 2.05) is 6.92 Å². The van der Waals surface area contributed by atoms with E-state index in [9.17, 15) is 9.59 Å². The van der Waals surface area contributed by atoms with Gasteiger partial charge in [-0.25, -0.2) is 9.59 Å². The summed E-state index contributed by atoms with van der Waals surface area (Å²) < 4.78 is 0. The van der Waals surface area contributed by atoms with E-state index in [1.54, 1.807) is 0 Å². The predicted octanol–water partition coefficient (Wildman–Crippen LogP) is 2.51. The second-order valence-corrected chi connectivity index (χ2v) is 5.57. The van der Waals surface area contributed by atoms with E-state index in [0.717, 1.165) is 25.7 Å². The first-order valence-electron chi connectivity index (χ1n) is 7.30. The van der Waals surface area contributed by atoms with Crippen molar-refractivity contribution in [2.24, 2.45) is 5.41 Å². The molecule has 1 aliphatic rings. The van der Waals surface area contributed by atoms with Gasteiger partial charge in [-0.2, -0.15) is 0 Å². The van der Waals surface area contributed by atoms with Crippen molar-refractivity contribution in [2.75, 3.05) is 6.54 Å². The van der Waals surface area contributed by atoms with Gasteiger partial charge in [0.05, 0.1) is 0 Å². The molecule has 1 fully saturated rings. The summed E-state index contributed by atoms with van der Waals surface area (Å²) in [5.74, 6) is -0.969. The van der Waals surface area contributed by atoms with Gasteiger partial charge in [0.1, 0.15) is 6.04 Å². The maximum absolute atomic E-state index is 11.8. The molecule has 0 aromatic heterocycles. The fraction of sp³-hybridized carbons (Fsp3) is 0.857. The Balaban J connectivity index is 2.39. The zero-order chi connectivity index (χ0) is 14.3. The predicted molar refractivity (Wildman–Crippen MR) is 74.1 cm³/mol. The van der Waals surface area contributed by atoms with Crippen LogP contribution in [0.25, 0.3) is 0 Å². The van der Waals surface area contributed by atoms with Gasteiger partial charge in [-0.3, -0.25) is 0 Å². The summed E-state index contributed by atoms with van der Waals surface area (Å²) in [6, 6.07) is -1.15. The Morgan fingerprint density at radius 2 is 1.89 bits per heavy atom. The molecular weight excluding hydrogens is 244 g/mol. The molecule has 0 saturated heterocycles. The van der Waals surface area contributed by atoms with Gasteiger partial charge >= 0.3 is 12.0 Å². The van der Waals surface area contributed by atoms with Crippen LogP contribution in [0.15, 0.2) is 0 Å². The van der Waals surface area contributed by atoms with Crippen molar-refractivity contribution in [2.45, 2.75) is 64.8 Å². The van der Waals surface area contributed by atoms with E-state index < -0.39 is 12.0 Å². The van der Waals surface area contributed by atoms with Gasteiger partial charge in [0.2, 0.25) is 0 Å². The summed E-state index contributed by atoms with van der Waals surface area (Å²) in [5.41, 5.74) is 0.223. The second-order valence-electron chi connectivity index (χ2n) is 5.57. The van der Waals surface area contributed by atoms with Crippen LogP contribution in [0.3, 0.4) is 0 Å². The number of carbonyl (C=O) groups excluding carboxylic acids is 1. The van der Waals surface area contributed by atoms with Crippen LogP contribution in [-0.4, -0.2) is 29.7 Å². The number of amides is 2. The Morgan fingerprint density at radius 3 is 2.37 bits per heavy atom. The third-order valence-electron chi connectivity index (χ3n) is 4.22. The SMILES string of the molecule is CCC[C@@H](NC(=O)NCC1(CC)CCCC1)C(=O)O. The van der Waals surface area contributed by atoms with E-state index in [1.165, 1.54) is 12.8 Å². The number of urea groups is 1. The maximum atomic E-state index is 11.8. The van der Waals surface area contributed by atoms with Crippen molar-refractivity contribution >= 4 is 12.0 Å². The number of hydrogen-bond acceptors (Lipinski definition) is 2. The number of carboxylic acids is 1. The number of nitrogens with one attached hydrogen (secondary N) is 2. The van der Waals surface area contributed by atoms with Gasteiger partial charge in [-0.1, -0.05) is 33.1 Å². The van der Waals surface area contributed by atoms with E-state index in [0.29, 0.717) is 13.0 Å². The Morgan fingerprint density at radius 1 is 1.26 bits per heavy atom. The highest BCUT2D eigenvalue weighted by molar-refractivity contribution is 5.82. The van der Waals surface area contributed by atoms with Crippen LogP contribution in [0.1, 0.15) is 58.8 Å². The third kappa shape index (κ3) is 4.73. The molecule has 0 heterocycles. The van der Waals surface area contributed by atoms with E-state index in [4.69, 9.17) is 5.11 Å². The first kappa shape index (κ1) is 15.8. The number of rotatable bonds is 7. The Labute approximate surface area is 115 Å². The zero-order valence-electron chi connectivity index (χ0n) is 12.0. The van der Waals surface area contributed by atoms with Gasteiger partial charge in [0.15, 0.2) is 0 Å². The molecule has 1 aliphatic carbocycles. The minimum absolute atomic E-state index is 0.223. The second kappa shape index (κ2) is 7.36. The summed E-state index contributed by atoms with van der Waals surface area (Å²) in [6.45, 7) is 4.70. The lowest BCUT2D eigenvalue weighted by molar-refractivity contribution is -0.139. The molecule has 1 atom stereocenters. The largest absolute Gasteiger partial charge is 0.480 e. The summed E-state index contributed by atoms with van der Waals surface area (Å²) in [5, 5.41) is 14.4. The highest BCUT2D eigenvalue weighted by Gasteiger charge is 2.32. The fourth-order valence-corrected chi connectivity index (χ4v) is 2.80. The topological polar surface area (TPSA) is 78.4 Å². The van der Waals surface area contributed by atoms with Crippen LogP contribution >= 0.6 is 0 Å². The molecule has 0 spiro atoms. The van der Waals surface area contributed by atoms with E-state index in [-0.39, 0.29) is 11.4 Å². The standard InChI is InChI=1S/C14H26N2O3/c1-3-7-11(12(17)18)16-13(19)15-10-14(4-2)8-5-6-9-14/h11H,3-10H2,1-2H3,(H,17,18)(H2,15,16,19)/t11-/m1/s1. The smallest absolute Gasteiger partial charge is 0.326 e. The van der Waals surface area contributed by atoms with Gasteiger partial charge in [-0.05, 0) is 31.1 Å². The average Bonchev–Trinajstić information content (AvgIpc) is 2.85. The van der Waals surface area contributed by atoms with E-state index in [2.05, 4.69) is 17.6 Å². The molecule has 110 valence electrons. The highest BCUT2D eigenvalue weighted by Crippen LogP contribution is 2.40. The van der Waals surface area contributed by atoms with Crippen LogP contribution in [0.2, 0.25) is 0 Å². The van der Waals surface area contributed by atoms with Crippen molar-refractivity contribution in [1.82, 2.24) is 10.6 Å². The molecular formula is C14H26N2O3. The van der Waals surface area contributed by atoms with Crippen LogP contribution in [0, 0.1) is 5.41 Å². The number of aliphatic carboxylic acids is 1. The summed E-state index contributed by atoms with van der Waals surface area (Å²) in [7, 11) is 0. The monoisotopic (exact) mass is 270 g/mol. The minimum atomic E-state index is -0.969. The average molecular weight is 270 g/mol. The minimum Gasteiger partial charge on any atom is -0.480 e. The zero-order valence-corrected chi connectivity index (χ0v) is 12.0. The van der Waals surface area contributed by atoms with Gasteiger partial charge < -0.3 is 15.7 Å². The summed E-state index contributed by atoms with van der Waals surface area (Å²) >= 11 is 0. The molecule has 0 radical (unpaired) electrons. The molecule has 5 nitrogen and oxygen atoms in total. The number of hydrogen-bond donors (Lipinski definition) is 3. The molecule has 19 heavy (non-hydrogen) atoms. The van der Waals surface area contributed by atoms with Crippen LogP contribution in [0.4, 0.5) is 4.79 Å². The molecule has 0 unspecified atom stereocenters. The molecule has 0 aromatic rings. The summed E-state index contributed by atoms with van der Waals surface area (Å²) in [6.07, 6.45) is 7.01. The lowest BCUT2D eigenvalue weighted by atomic mass is 9.83. The normalized spacial score (nSPS) is 18.8. The Bertz CT molecular complexity index is 312. The lowest BCUT2D eigenvalue weighted by Gasteiger charge is -2.28. The third-order valence-corrected chi connectivity index (χ3v) is 4.22. The first-order chi connectivity index (χ1) is 9.03. The van der Waals surface area contributed by atoms with Gasteiger partial charge in [0, 0.05) is 6.54 Å². The molecule has 5 heteroatoms. The molecule has 2 amide bonds. The molecule has 0 aromatic carbocycles. The van der Waals surface area contributed by atoms with Crippen LogP contribution < -0.4 is 10.6 Å². The van der Waals surface area contributed by atoms with Crippen molar-refractivity contribution in [1.29, 1.82) is 0 Å². The van der Waals surface area contributed by atoms with Crippen LogP contribution in [0.5, 0.6) is 0 Å². The van der Waals surface area contributed by atoms with Gasteiger partial charge in [-0.15, -0.1) is 0 Å².